The number of hydrogen-bond acceptors (Lipinski definition) is 4. The van der Waals surface area contributed by atoms with Crippen LogP contribution in [0.25, 0.3) is 11.0 Å². The molecule has 2 aromatic heterocycles. The molecule has 0 aliphatic carbocycles. The Kier molecular flexibility index (Phi) is 7.24. The van der Waals surface area contributed by atoms with Gasteiger partial charge in [-0.1, -0.05) is 18.2 Å². The van der Waals surface area contributed by atoms with Crippen molar-refractivity contribution in [1.29, 1.82) is 0 Å². The van der Waals surface area contributed by atoms with Crippen molar-refractivity contribution in [2.75, 3.05) is 6.54 Å². The first-order valence-corrected chi connectivity index (χ1v) is 8.92. The summed E-state index contributed by atoms with van der Waals surface area (Å²) in [7, 11) is 0. The smallest absolute Gasteiger partial charge is 0.192 e. The van der Waals surface area contributed by atoms with Crippen molar-refractivity contribution in [2.24, 2.45) is 4.99 Å². The summed E-state index contributed by atoms with van der Waals surface area (Å²) < 4.78 is 5.92. The van der Waals surface area contributed by atoms with Crippen LogP contribution in [0.1, 0.15) is 35.5 Å². The number of hydrogen-bond donors (Lipinski definition) is 2. The second-order valence-corrected chi connectivity index (χ2v) is 6.93. The Balaban J connectivity index is 0.00000225. The summed E-state index contributed by atoms with van der Waals surface area (Å²) in [6.07, 6.45) is 1.88. The molecule has 0 radical (unpaired) electrons. The number of para-hydroxylation sites is 1. The summed E-state index contributed by atoms with van der Waals surface area (Å²) in [4.78, 5) is 10.2. The topological polar surface area (TPSA) is 62.5 Å². The van der Waals surface area contributed by atoms with Crippen LogP contribution in [0.5, 0.6) is 0 Å². The first kappa shape index (κ1) is 19.7. The van der Waals surface area contributed by atoms with Crippen LogP contribution >= 0.6 is 35.3 Å². The van der Waals surface area contributed by atoms with Gasteiger partial charge >= 0.3 is 0 Å². The minimum absolute atomic E-state index is 0. The maximum Gasteiger partial charge on any atom is 0.192 e. The highest BCUT2D eigenvalue weighted by atomic mass is 127. The minimum atomic E-state index is 0. The summed E-state index contributed by atoms with van der Waals surface area (Å²) in [6.45, 7) is 7.54. The molecule has 25 heavy (non-hydrogen) atoms. The van der Waals surface area contributed by atoms with Gasteiger partial charge in [0.05, 0.1) is 12.6 Å². The van der Waals surface area contributed by atoms with Crippen molar-refractivity contribution in [2.45, 2.75) is 33.4 Å². The van der Waals surface area contributed by atoms with Gasteiger partial charge in [0.1, 0.15) is 16.4 Å². The van der Waals surface area contributed by atoms with Crippen LogP contribution in [-0.2, 0) is 6.54 Å². The Bertz CT molecular complexity index is 809. The first-order chi connectivity index (χ1) is 11.7. The number of guanidine groups is 1. The highest BCUT2D eigenvalue weighted by molar-refractivity contribution is 14.0. The van der Waals surface area contributed by atoms with Gasteiger partial charge in [0, 0.05) is 23.0 Å². The van der Waals surface area contributed by atoms with Gasteiger partial charge in [0.15, 0.2) is 5.96 Å². The molecule has 0 saturated heterocycles. The van der Waals surface area contributed by atoms with Crippen molar-refractivity contribution in [1.82, 2.24) is 15.6 Å². The second-order valence-electron chi connectivity index (χ2n) is 5.61. The van der Waals surface area contributed by atoms with E-state index in [0.29, 0.717) is 6.54 Å². The van der Waals surface area contributed by atoms with Crippen LogP contribution < -0.4 is 10.6 Å². The van der Waals surface area contributed by atoms with E-state index in [2.05, 4.69) is 53.5 Å². The van der Waals surface area contributed by atoms with Crippen LogP contribution in [0.2, 0.25) is 0 Å². The third-order valence-corrected chi connectivity index (χ3v) is 4.51. The van der Waals surface area contributed by atoms with Crippen LogP contribution in [0.4, 0.5) is 0 Å². The van der Waals surface area contributed by atoms with Crippen LogP contribution in [0.15, 0.2) is 45.9 Å². The van der Waals surface area contributed by atoms with E-state index in [-0.39, 0.29) is 30.0 Å². The van der Waals surface area contributed by atoms with E-state index in [1.54, 1.807) is 11.3 Å². The molecule has 0 saturated carbocycles. The third kappa shape index (κ3) is 5.18. The van der Waals surface area contributed by atoms with Crippen LogP contribution in [-0.4, -0.2) is 17.5 Å². The van der Waals surface area contributed by atoms with Crippen molar-refractivity contribution < 1.29 is 4.42 Å². The summed E-state index contributed by atoms with van der Waals surface area (Å²) in [5.74, 6) is 1.66. The van der Waals surface area contributed by atoms with Crippen LogP contribution in [0.3, 0.4) is 0 Å². The zero-order valence-corrected chi connectivity index (χ0v) is 17.7. The lowest BCUT2D eigenvalue weighted by Gasteiger charge is -2.15. The van der Waals surface area contributed by atoms with Gasteiger partial charge in [0.25, 0.3) is 0 Å². The number of fused-ring (bicyclic) bond motifs is 1. The molecule has 0 fully saturated rings. The van der Waals surface area contributed by atoms with Crippen molar-refractivity contribution in [3.05, 3.63) is 52.2 Å². The van der Waals surface area contributed by atoms with Gasteiger partial charge in [-0.25, -0.2) is 9.98 Å². The molecule has 5 nitrogen and oxygen atoms in total. The average Bonchev–Trinajstić information content (AvgIpc) is 3.18. The predicted molar refractivity (Wildman–Crippen MR) is 115 cm³/mol. The molecule has 3 aromatic rings. The summed E-state index contributed by atoms with van der Waals surface area (Å²) in [5.41, 5.74) is 0.904. The fourth-order valence-corrected chi connectivity index (χ4v) is 3.14. The molecular formula is C18H23IN4OS. The number of nitrogens with one attached hydrogen (secondary N) is 2. The SMILES string of the molecule is CCNC(=NCc1ncc(C)s1)NC(C)c1cc2ccccc2o1.I. The minimum Gasteiger partial charge on any atom is -0.459 e. The number of furan rings is 1. The molecule has 1 atom stereocenters. The molecule has 0 aliphatic rings. The molecule has 0 spiro atoms. The maximum absolute atomic E-state index is 5.92. The summed E-state index contributed by atoms with van der Waals surface area (Å²) >= 11 is 1.67. The number of aryl methyl sites for hydroxylation is 1. The Labute approximate surface area is 169 Å². The van der Waals surface area contributed by atoms with E-state index >= 15 is 0 Å². The lowest BCUT2D eigenvalue weighted by molar-refractivity contribution is 0.488. The van der Waals surface area contributed by atoms with Gasteiger partial charge < -0.3 is 15.1 Å². The number of rotatable bonds is 5. The quantitative estimate of drug-likeness (QED) is 0.324. The molecule has 0 bridgehead atoms. The Morgan fingerprint density at radius 3 is 2.84 bits per heavy atom. The van der Waals surface area contributed by atoms with Crippen LogP contribution in [0, 0.1) is 6.92 Å². The first-order valence-electron chi connectivity index (χ1n) is 8.10. The predicted octanol–water partition coefficient (Wildman–Crippen LogP) is 4.63. The normalized spacial score (nSPS) is 12.7. The molecule has 0 aliphatic heterocycles. The van der Waals surface area contributed by atoms with E-state index in [4.69, 9.17) is 4.42 Å². The van der Waals surface area contributed by atoms with Gasteiger partial charge in [-0.2, -0.15) is 0 Å². The van der Waals surface area contributed by atoms with Gasteiger partial charge in [-0.05, 0) is 32.9 Å². The largest absolute Gasteiger partial charge is 0.459 e. The Morgan fingerprint density at radius 2 is 2.16 bits per heavy atom. The molecule has 1 aromatic carbocycles. The fraction of sp³-hybridized carbons (Fsp3) is 0.333. The van der Waals surface area contributed by atoms with Gasteiger partial charge in [-0.15, -0.1) is 35.3 Å². The van der Waals surface area contributed by atoms with Gasteiger partial charge in [0.2, 0.25) is 0 Å². The van der Waals surface area contributed by atoms with Gasteiger partial charge in [-0.3, -0.25) is 0 Å². The zero-order valence-electron chi connectivity index (χ0n) is 14.6. The van der Waals surface area contributed by atoms with E-state index in [1.807, 2.05) is 24.4 Å². The third-order valence-electron chi connectivity index (χ3n) is 3.61. The molecule has 0 amide bonds. The monoisotopic (exact) mass is 470 g/mol. The summed E-state index contributed by atoms with van der Waals surface area (Å²) in [6, 6.07) is 10.1. The van der Waals surface area contributed by atoms with E-state index in [9.17, 15) is 0 Å². The highest BCUT2D eigenvalue weighted by Gasteiger charge is 2.13. The number of aliphatic imine (C=N–C) groups is 1. The maximum atomic E-state index is 5.92. The molecule has 7 heteroatoms. The molecule has 2 N–H and O–H groups in total. The Hall–Kier alpha value is -1.61. The molecule has 2 heterocycles. The lowest BCUT2D eigenvalue weighted by Crippen LogP contribution is -2.38. The highest BCUT2D eigenvalue weighted by Crippen LogP contribution is 2.23. The van der Waals surface area contributed by atoms with Crippen molar-refractivity contribution in [3.8, 4) is 0 Å². The average molecular weight is 470 g/mol. The molecule has 134 valence electrons. The molecule has 3 rings (SSSR count). The molecular weight excluding hydrogens is 447 g/mol. The van der Waals surface area contributed by atoms with Crippen molar-refractivity contribution >= 4 is 52.2 Å². The number of halogens is 1. The van der Waals surface area contributed by atoms with Crippen molar-refractivity contribution in [3.63, 3.8) is 0 Å². The summed E-state index contributed by atoms with van der Waals surface area (Å²) in [5, 5.41) is 8.79. The molecule has 1 unspecified atom stereocenters. The zero-order chi connectivity index (χ0) is 16.9. The number of thiazole rings is 1. The number of aromatic nitrogens is 1. The lowest BCUT2D eigenvalue weighted by atomic mass is 10.2. The number of benzene rings is 1. The standard InChI is InChI=1S/C18H22N4OS.HI/c1-4-19-18(21-11-17-20-10-12(2)24-17)22-13(3)16-9-14-7-5-6-8-15(14)23-16;/h5-10,13H,4,11H2,1-3H3,(H2,19,21,22);1H. The number of nitrogens with zero attached hydrogens (tertiary/aromatic N) is 2. The second kappa shape index (κ2) is 9.19. The van der Waals surface area contributed by atoms with E-state index in [1.165, 1.54) is 4.88 Å². The van der Waals surface area contributed by atoms with E-state index in [0.717, 1.165) is 34.2 Å². The Morgan fingerprint density at radius 1 is 1.36 bits per heavy atom. The fourth-order valence-electron chi connectivity index (χ4n) is 2.43. The van der Waals surface area contributed by atoms with E-state index < -0.39 is 0 Å².